The molecule has 1 N–H and O–H groups in total. The summed E-state index contributed by atoms with van der Waals surface area (Å²) >= 11 is 6.07. The Bertz CT molecular complexity index is 1040. The van der Waals surface area contributed by atoms with E-state index < -0.39 is 11.6 Å². The fraction of sp³-hybridized carbons (Fsp3) is 0.294. The monoisotopic (exact) mass is 360 g/mol. The topological polar surface area (TPSA) is 90.0 Å². The van der Waals surface area contributed by atoms with Gasteiger partial charge in [-0.3, -0.25) is 9.59 Å². The van der Waals surface area contributed by atoms with E-state index in [2.05, 4.69) is 15.6 Å². The lowest BCUT2D eigenvalue weighted by molar-refractivity contribution is -0.119. The molecular weight excluding hydrogens is 344 g/mol. The number of carbonyl (C=O) groups is 1. The highest BCUT2D eigenvalue weighted by Gasteiger charge is 2.23. The van der Waals surface area contributed by atoms with Crippen molar-refractivity contribution in [3.8, 4) is 0 Å². The van der Waals surface area contributed by atoms with Crippen LogP contribution >= 0.6 is 11.6 Å². The van der Waals surface area contributed by atoms with E-state index >= 15 is 0 Å². The number of hydrogen-bond donors (Lipinski definition) is 1. The molecule has 1 amide bonds. The fourth-order valence-electron chi connectivity index (χ4n) is 2.66. The van der Waals surface area contributed by atoms with Crippen LogP contribution in [-0.2, 0) is 4.79 Å². The van der Waals surface area contributed by atoms with Gasteiger partial charge < -0.3 is 9.84 Å². The molecule has 0 spiro atoms. The largest absolute Gasteiger partial charge is 0.360 e. The number of aromatic nitrogens is 3. The van der Waals surface area contributed by atoms with Crippen LogP contribution in [-0.4, -0.2) is 20.8 Å². The molecular formula is C17H17ClN4O3. The van der Waals surface area contributed by atoms with Gasteiger partial charge in [-0.25, -0.2) is 4.68 Å². The zero-order valence-corrected chi connectivity index (χ0v) is 15.0. The van der Waals surface area contributed by atoms with Crippen molar-refractivity contribution < 1.29 is 9.32 Å². The van der Waals surface area contributed by atoms with E-state index in [-0.39, 0.29) is 11.4 Å². The number of benzene rings is 1. The second-order valence-corrected chi connectivity index (χ2v) is 6.28. The molecule has 3 aromatic rings. The van der Waals surface area contributed by atoms with Gasteiger partial charge in [-0.2, -0.15) is 5.10 Å². The molecule has 1 atom stereocenters. The van der Waals surface area contributed by atoms with Crippen molar-refractivity contribution >= 4 is 34.1 Å². The van der Waals surface area contributed by atoms with Crippen LogP contribution in [0.15, 0.2) is 27.5 Å². The summed E-state index contributed by atoms with van der Waals surface area (Å²) in [7, 11) is 0. The van der Waals surface area contributed by atoms with Crippen LogP contribution in [0.3, 0.4) is 0 Å². The molecule has 0 saturated carbocycles. The molecule has 3 rings (SSSR count). The highest BCUT2D eigenvalue weighted by molar-refractivity contribution is 6.31. The molecule has 1 aromatic carbocycles. The molecule has 0 aliphatic carbocycles. The van der Waals surface area contributed by atoms with Crippen LogP contribution in [0.25, 0.3) is 10.9 Å². The van der Waals surface area contributed by atoms with E-state index in [1.165, 1.54) is 0 Å². The molecule has 2 aromatic heterocycles. The number of halogens is 1. The van der Waals surface area contributed by atoms with Crippen molar-refractivity contribution in [2.75, 3.05) is 5.32 Å². The van der Waals surface area contributed by atoms with Crippen LogP contribution in [0.2, 0.25) is 5.02 Å². The van der Waals surface area contributed by atoms with Crippen molar-refractivity contribution in [1.82, 2.24) is 14.9 Å². The summed E-state index contributed by atoms with van der Waals surface area (Å²) in [6.45, 7) is 6.86. The second-order valence-electron chi connectivity index (χ2n) is 5.88. The number of hydrogen-bond acceptors (Lipinski definition) is 5. The molecule has 0 fully saturated rings. The number of carbonyl (C=O) groups excluding carboxylic acids is 1. The van der Waals surface area contributed by atoms with Gasteiger partial charge in [-0.15, -0.1) is 0 Å². The van der Waals surface area contributed by atoms with Crippen LogP contribution < -0.4 is 10.9 Å². The average molecular weight is 361 g/mol. The van der Waals surface area contributed by atoms with Gasteiger partial charge >= 0.3 is 0 Å². The van der Waals surface area contributed by atoms with E-state index in [1.807, 2.05) is 0 Å². The number of nitrogens with one attached hydrogen (secondary N) is 1. The van der Waals surface area contributed by atoms with Crippen molar-refractivity contribution in [2.45, 2.75) is 33.7 Å². The lowest BCUT2D eigenvalue weighted by atomic mass is 10.2. The van der Waals surface area contributed by atoms with Gasteiger partial charge in [0.1, 0.15) is 11.8 Å². The van der Waals surface area contributed by atoms with Gasteiger partial charge in [0.25, 0.3) is 5.56 Å². The summed E-state index contributed by atoms with van der Waals surface area (Å²) in [6, 6.07) is 4.41. The summed E-state index contributed by atoms with van der Waals surface area (Å²) in [5.74, 6) is 0.148. The van der Waals surface area contributed by atoms with Gasteiger partial charge in [0, 0.05) is 10.7 Å². The van der Waals surface area contributed by atoms with E-state index in [0.29, 0.717) is 27.6 Å². The summed E-state index contributed by atoms with van der Waals surface area (Å²) in [5.41, 5.74) is 1.62. The van der Waals surface area contributed by atoms with Gasteiger partial charge in [0.2, 0.25) is 5.91 Å². The highest BCUT2D eigenvalue weighted by Crippen LogP contribution is 2.24. The average Bonchev–Trinajstić information content (AvgIpc) is 2.97. The van der Waals surface area contributed by atoms with E-state index in [4.69, 9.17) is 16.1 Å². The lowest BCUT2D eigenvalue weighted by Gasteiger charge is -2.16. The molecule has 25 heavy (non-hydrogen) atoms. The quantitative estimate of drug-likeness (QED) is 0.774. The first-order valence-electron chi connectivity index (χ1n) is 7.72. The summed E-state index contributed by atoms with van der Waals surface area (Å²) in [5, 5.41) is 12.0. The van der Waals surface area contributed by atoms with Crippen molar-refractivity contribution in [2.24, 2.45) is 0 Å². The number of nitrogens with zero attached hydrogens (tertiary/aromatic N) is 3. The Labute approximate surface area is 148 Å². The van der Waals surface area contributed by atoms with Crippen molar-refractivity contribution in [3.63, 3.8) is 0 Å². The molecule has 130 valence electrons. The molecule has 7 nitrogen and oxygen atoms in total. The smallest absolute Gasteiger partial charge is 0.297 e. The third kappa shape index (κ3) is 2.91. The third-order valence-corrected chi connectivity index (χ3v) is 4.57. The molecule has 0 saturated heterocycles. The first-order chi connectivity index (χ1) is 11.8. The summed E-state index contributed by atoms with van der Waals surface area (Å²) < 4.78 is 6.20. The second kappa shape index (κ2) is 6.33. The minimum absolute atomic E-state index is 0.170. The minimum atomic E-state index is -0.828. The molecule has 0 bridgehead atoms. The number of anilines is 1. The number of rotatable bonds is 3. The molecule has 1 unspecified atom stereocenters. The number of amides is 1. The predicted molar refractivity (Wildman–Crippen MR) is 95.1 cm³/mol. The van der Waals surface area contributed by atoms with E-state index in [1.54, 1.807) is 45.9 Å². The molecule has 0 aliphatic heterocycles. The summed E-state index contributed by atoms with van der Waals surface area (Å²) in [6.07, 6.45) is 0. The normalized spacial score (nSPS) is 12.4. The Morgan fingerprint density at radius 1 is 1.32 bits per heavy atom. The number of aryl methyl sites for hydroxylation is 2. The molecule has 8 heteroatoms. The fourth-order valence-corrected chi connectivity index (χ4v) is 2.84. The maximum atomic E-state index is 12.6. The molecule has 0 aliphatic rings. The maximum absolute atomic E-state index is 12.6. The first kappa shape index (κ1) is 17.2. The SMILES string of the molecule is Cc1c(Cl)cccc1NC(=O)C(C)n1nc(C)c2c(C)onc2c1=O. The standard InChI is InChI=1S/C17H17ClN4O3/c1-8-12(18)6-5-7-13(8)19-16(23)10(3)22-17(24)15-14(9(2)20-22)11(4)25-21-15/h5-7,10H,1-4H3,(H,19,23). The van der Waals surface area contributed by atoms with Crippen molar-refractivity contribution in [3.05, 3.63) is 50.6 Å². The Hall–Kier alpha value is -2.67. The van der Waals surface area contributed by atoms with Gasteiger partial charge in [-0.1, -0.05) is 22.8 Å². The first-order valence-corrected chi connectivity index (χ1v) is 8.10. The molecule has 0 radical (unpaired) electrons. The minimum Gasteiger partial charge on any atom is -0.360 e. The Morgan fingerprint density at radius 2 is 2.04 bits per heavy atom. The number of fused-ring (bicyclic) bond motifs is 1. The van der Waals surface area contributed by atoms with Crippen LogP contribution in [0.4, 0.5) is 5.69 Å². The Kier molecular flexibility index (Phi) is 4.34. The van der Waals surface area contributed by atoms with Crippen LogP contribution in [0, 0.1) is 20.8 Å². The van der Waals surface area contributed by atoms with Crippen molar-refractivity contribution in [1.29, 1.82) is 0 Å². The zero-order valence-electron chi connectivity index (χ0n) is 14.3. The maximum Gasteiger partial charge on any atom is 0.297 e. The van der Waals surface area contributed by atoms with Gasteiger partial charge in [0.05, 0.1) is 11.1 Å². The van der Waals surface area contributed by atoms with Gasteiger partial charge in [0.15, 0.2) is 5.52 Å². The zero-order chi connectivity index (χ0) is 18.3. The molecule has 2 heterocycles. The highest BCUT2D eigenvalue weighted by atomic mass is 35.5. The van der Waals surface area contributed by atoms with E-state index in [0.717, 1.165) is 10.2 Å². The van der Waals surface area contributed by atoms with Crippen LogP contribution in [0.1, 0.15) is 30.0 Å². The predicted octanol–water partition coefficient (Wildman–Crippen LogP) is 3.16. The Balaban J connectivity index is 1.98. The third-order valence-electron chi connectivity index (χ3n) is 4.16. The van der Waals surface area contributed by atoms with E-state index in [9.17, 15) is 9.59 Å². The summed E-state index contributed by atoms with van der Waals surface area (Å²) in [4.78, 5) is 25.2. The lowest BCUT2D eigenvalue weighted by Crippen LogP contribution is -2.34. The van der Waals surface area contributed by atoms with Crippen LogP contribution in [0.5, 0.6) is 0 Å². The Morgan fingerprint density at radius 3 is 2.76 bits per heavy atom. The van der Waals surface area contributed by atoms with Gasteiger partial charge in [-0.05, 0) is 45.4 Å².